The highest BCUT2D eigenvalue weighted by Gasteiger charge is 2.34. The van der Waals surface area contributed by atoms with Gasteiger partial charge in [-0.25, -0.2) is 18.0 Å². The zero-order chi connectivity index (χ0) is 28.2. The summed E-state index contributed by atoms with van der Waals surface area (Å²) >= 11 is 0. The van der Waals surface area contributed by atoms with Gasteiger partial charge in [0.25, 0.3) is 5.69 Å². The zero-order valence-corrected chi connectivity index (χ0v) is 22.8. The molecule has 3 aromatic rings. The highest BCUT2D eigenvalue weighted by Crippen LogP contribution is 2.44. The predicted octanol–water partition coefficient (Wildman–Crippen LogP) is 4.88. The second-order valence-electron chi connectivity index (χ2n) is 9.24. The molecule has 0 atom stereocenters. The molecule has 12 heteroatoms. The van der Waals surface area contributed by atoms with Gasteiger partial charge in [0.05, 0.1) is 9.82 Å². The van der Waals surface area contributed by atoms with E-state index in [-0.39, 0.29) is 35.5 Å². The largest absolute Gasteiger partial charge is 0.463 e. The van der Waals surface area contributed by atoms with Gasteiger partial charge in [-0.15, -0.1) is 0 Å². The van der Waals surface area contributed by atoms with Crippen LogP contribution in [0.3, 0.4) is 0 Å². The molecular weight excluding hydrogens is 544 g/mol. The van der Waals surface area contributed by atoms with E-state index in [1.807, 2.05) is 48.5 Å². The number of alkyl carbamates (subject to hydrolysis) is 1. The number of rotatable bonds is 10. The predicted molar refractivity (Wildman–Crippen MR) is 146 cm³/mol. The fourth-order valence-electron chi connectivity index (χ4n) is 4.20. The van der Waals surface area contributed by atoms with E-state index in [1.165, 1.54) is 13.8 Å². The molecule has 1 aliphatic rings. The average molecular weight is 571 g/mol. The van der Waals surface area contributed by atoms with E-state index in [0.29, 0.717) is 10.8 Å². The smallest absolute Gasteiger partial charge is 0.408 e. The van der Waals surface area contributed by atoms with E-state index in [0.717, 1.165) is 46.5 Å². The molecule has 1 amide bonds. The molecule has 0 fully saturated rings. The molecule has 204 valence electrons. The molecule has 10 nitrogen and oxygen atoms in total. The number of non-ortho nitro benzene ring substituents is 1. The van der Waals surface area contributed by atoms with Crippen LogP contribution in [0.25, 0.3) is 11.1 Å². The molecule has 39 heavy (non-hydrogen) atoms. The van der Waals surface area contributed by atoms with Gasteiger partial charge in [-0.2, -0.15) is 0 Å². The maximum Gasteiger partial charge on any atom is 0.408 e. The van der Waals surface area contributed by atoms with Crippen LogP contribution in [0, 0.1) is 10.1 Å². The number of nitro groups is 1. The van der Waals surface area contributed by atoms with Crippen molar-refractivity contribution in [2.45, 2.75) is 30.2 Å². The summed E-state index contributed by atoms with van der Waals surface area (Å²) in [5, 5.41) is 13.2. The van der Waals surface area contributed by atoms with Gasteiger partial charge in [-0.1, -0.05) is 48.5 Å². The van der Waals surface area contributed by atoms with Crippen LogP contribution in [0.2, 0.25) is 0 Å². The molecule has 0 unspecified atom stereocenters. The van der Waals surface area contributed by atoms with E-state index in [4.69, 9.17) is 9.47 Å². The Hall–Kier alpha value is -3.90. The third kappa shape index (κ3) is 6.40. The molecule has 0 bridgehead atoms. The number of esters is 1. The average Bonchev–Trinajstić information content (AvgIpc) is 3.23. The van der Waals surface area contributed by atoms with Crippen molar-refractivity contribution >= 4 is 37.4 Å². The van der Waals surface area contributed by atoms with Crippen molar-refractivity contribution in [1.82, 2.24) is 5.32 Å². The fourth-order valence-corrected chi connectivity index (χ4v) is 6.78. The molecule has 3 aromatic carbocycles. The minimum absolute atomic E-state index is 0.0773. The van der Waals surface area contributed by atoms with Crippen molar-refractivity contribution in [3.05, 3.63) is 94.0 Å². The number of fused-ring (bicyclic) bond motifs is 3. The summed E-state index contributed by atoms with van der Waals surface area (Å²) in [6, 6.07) is 20.4. The first-order valence-electron chi connectivity index (χ1n) is 11.9. The van der Waals surface area contributed by atoms with Gasteiger partial charge >= 0.3 is 12.1 Å². The van der Waals surface area contributed by atoms with Gasteiger partial charge in [-0.05, 0) is 59.0 Å². The van der Waals surface area contributed by atoms with Gasteiger partial charge in [0.1, 0.15) is 18.8 Å². The Balaban J connectivity index is 1.26. The Labute approximate surface area is 229 Å². The Kier molecular flexibility index (Phi) is 8.26. The third-order valence-corrected chi connectivity index (χ3v) is 9.66. The van der Waals surface area contributed by atoms with E-state index < -0.39 is 31.4 Å². The third-order valence-electron chi connectivity index (χ3n) is 6.16. The van der Waals surface area contributed by atoms with Crippen LogP contribution in [0.1, 0.15) is 30.9 Å². The molecular formula is C27H26N2O8S2. The topological polar surface area (TPSA) is 142 Å². The van der Waals surface area contributed by atoms with Crippen molar-refractivity contribution in [3.8, 4) is 11.1 Å². The van der Waals surface area contributed by atoms with Crippen molar-refractivity contribution in [1.29, 1.82) is 0 Å². The normalized spacial score (nSPS) is 12.8. The molecule has 0 radical (unpaired) electrons. The lowest BCUT2D eigenvalue weighted by molar-refractivity contribution is -0.384. The minimum Gasteiger partial charge on any atom is -0.463 e. The van der Waals surface area contributed by atoms with Crippen molar-refractivity contribution in [2.75, 3.05) is 19.0 Å². The Bertz CT molecular complexity index is 1460. The quantitative estimate of drug-likeness (QED) is 0.119. The molecule has 0 aromatic heterocycles. The van der Waals surface area contributed by atoms with Crippen LogP contribution >= 0.6 is 10.8 Å². The van der Waals surface area contributed by atoms with Crippen LogP contribution in [0.15, 0.2) is 77.7 Å². The maximum atomic E-state index is 12.6. The number of amides is 1. The van der Waals surface area contributed by atoms with Crippen LogP contribution in [0.5, 0.6) is 0 Å². The number of hydrogen-bond donors (Lipinski definition) is 1. The van der Waals surface area contributed by atoms with Crippen molar-refractivity contribution in [3.63, 3.8) is 0 Å². The van der Waals surface area contributed by atoms with E-state index in [1.54, 1.807) is 0 Å². The highest BCUT2D eigenvalue weighted by atomic mass is 33.1. The number of carbonyl (C=O) groups is 2. The molecule has 1 N–H and O–H groups in total. The van der Waals surface area contributed by atoms with Gasteiger partial charge < -0.3 is 14.8 Å². The summed E-state index contributed by atoms with van der Waals surface area (Å²) in [6.45, 7) is 2.77. The second-order valence-corrected chi connectivity index (χ2v) is 13.3. The van der Waals surface area contributed by atoms with Crippen LogP contribution in [-0.2, 0) is 23.1 Å². The Morgan fingerprint density at radius 1 is 0.949 bits per heavy atom. The molecule has 0 aliphatic heterocycles. The van der Waals surface area contributed by atoms with E-state index >= 15 is 0 Å². The molecule has 0 saturated heterocycles. The number of nitro benzene ring substituents is 1. The lowest BCUT2D eigenvalue weighted by atomic mass is 9.98. The zero-order valence-electron chi connectivity index (χ0n) is 21.2. The minimum atomic E-state index is -3.80. The van der Waals surface area contributed by atoms with Crippen LogP contribution in [0.4, 0.5) is 10.5 Å². The maximum absolute atomic E-state index is 12.6. The summed E-state index contributed by atoms with van der Waals surface area (Å²) in [4.78, 5) is 35.1. The first-order valence-corrected chi connectivity index (χ1v) is 14.9. The molecule has 0 saturated carbocycles. The standard InChI is InChI=1S/C27H26N2O8S2/c1-27(2,25(30)36-15-16-38-39(34,35)19-13-11-18(12-14-19)29(32)33)28-26(31)37-17-24-22-9-5-3-7-20(22)21-8-4-6-10-23(21)24/h3-14,24H,15-17H2,1-2H3,(H,28,31). The first-order chi connectivity index (χ1) is 18.5. The number of hydrogen-bond acceptors (Lipinski definition) is 9. The molecule has 0 spiro atoms. The van der Waals surface area contributed by atoms with Crippen molar-refractivity contribution in [2.24, 2.45) is 0 Å². The summed E-state index contributed by atoms with van der Waals surface area (Å²) < 4.78 is 35.5. The van der Waals surface area contributed by atoms with Crippen LogP contribution in [-0.4, -0.2) is 49.9 Å². The number of nitrogens with one attached hydrogen (secondary N) is 1. The molecule has 4 rings (SSSR count). The Morgan fingerprint density at radius 2 is 1.51 bits per heavy atom. The van der Waals surface area contributed by atoms with Gasteiger partial charge in [-0.3, -0.25) is 10.1 Å². The summed E-state index contributed by atoms with van der Waals surface area (Å²) in [5.41, 5.74) is 2.67. The summed E-state index contributed by atoms with van der Waals surface area (Å²) in [6.07, 6.45) is -0.783. The first kappa shape index (κ1) is 28.1. The van der Waals surface area contributed by atoms with Gasteiger partial charge in [0.15, 0.2) is 0 Å². The molecule has 1 aliphatic carbocycles. The van der Waals surface area contributed by atoms with Crippen molar-refractivity contribution < 1.29 is 32.4 Å². The second kappa shape index (κ2) is 11.5. The number of nitrogens with zero attached hydrogens (tertiary/aromatic N) is 1. The lowest BCUT2D eigenvalue weighted by Crippen LogP contribution is -2.51. The number of ether oxygens (including phenoxy) is 2. The SMILES string of the molecule is CC(C)(NC(=O)OCC1c2ccccc2-c2ccccc21)C(=O)OCCSS(=O)(=O)c1ccc([N+](=O)[O-])cc1. The monoisotopic (exact) mass is 570 g/mol. The number of benzene rings is 3. The van der Waals surface area contributed by atoms with E-state index in [2.05, 4.69) is 5.32 Å². The summed E-state index contributed by atoms with van der Waals surface area (Å²) in [7, 11) is -3.26. The number of carbonyl (C=O) groups excluding carboxylic acids is 2. The summed E-state index contributed by atoms with van der Waals surface area (Å²) in [5.74, 6) is -0.969. The van der Waals surface area contributed by atoms with E-state index in [9.17, 15) is 28.1 Å². The lowest BCUT2D eigenvalue weighted by Gasteiger charge is -2.24. The van der Waals surface area contributed by atoms with Gasteiger partial charge in [0.2, 0.25) is 8.87 Å². The van der Waals surface area contributed by atoms with Gasteiger partial charge in [0, 0.05) is 23.8 Å². The Morgan fingerprint density at radius 3 is 2.08 bits per heavy atom. The highest BCUT2D eigenvalue weighted by molar-refractivity contribution is 8.72. The van der Waals surface area contributed by atoms with Crippen LogP contribution < -0.4 is 5.32 Å². The molecule has 0 heterocycles. The fraction of sp³-hybridized carbons (Fsp3) is 0.259.